The van der Waals surface area contributed by atoms with Gasteiger partial charge >= 0.3 is 0 Å². The molecule has 0 spiro atoms. The third kappa shape index (κ3) is 1.93. The molecule has 0 aliphatic heterocycles. The van der Waals surface area contributed by atoms with E-state index in [0.717, 1.165) is 18.4 Å². The quantitative estimate of drug-likeness (QED) is 0.701. The Labute approximate surface area is 87.5 Å². The Hall–Kier alpha value is -1.58. The van der Waals surface area contributed by atoms with E-state index in [1.165, 1.54) is 4.57 Å². The Morgan fingerprint density at radius 1 is 1.60 bits per heavy atom. The van der Waals surface area contributed by atoms with Gasteiger partial charge in [-0.05, 0) is 31.7 Å². The molecule has 0 saturated heterocycles. The maximum atomic E-state index is 11.9. The summed E-state index contributed by atoms with van der Waals surface area (Å²) in [5.41, 5.74) is 0.785. The summed E-state index contributed by atoms with van der Waals surface area (Å²) in [6.07, 6.45) is 3.28. The van der Waals surface area contributed by atoms with E-state index in [4.69, 9.17) is 4.74 Å². The van der Waals surface area contributed by atoms with Crippen molar-refractivity contribution in [2.45, 2.75) is 31.9 Å². The largest absolute Gasteiger partial charge is 0.444 e. The molecule has 15 heavy (non-hydrogen) atoms. The molecule has 0 N–H and O–H groups in total. The second-order valence-corrected chi connectivity index (χ2v) is 3.78. The summed E-state index contributed by atoms with van der Waals surface area (Å²) in [5.74, 6) is 0.411. The van der Waals surface area contributed by atoms with Gasteiger partial charge in [-0.1, -0.05) is 6.07 Å². The minimum absolute atomic E-state index is 0.0469. The molecule has 0 amide bonds. The van der Waals surface area contributed by atoms with Crippen LogP contribution < -0.4 is 5.56 Å². The predicted molar refractivity (Wildman–Crippen MR) is 54.5 cm³/mol. The highest BCUT2D eigenvalue weighted by Gasteiger charge is 2.27. The Bertz CT molecular complexity index is 420. The van der Waals surface area contributed by atoms with Crippen molar-refractivity contribution >= 4 is 6.47 Å². The molecule has 1 atom stereocenters. The molecule has 1 heterocycles. The molecule has 1 unspecified atom stereocenters. The third-order valence-electron chi connectivity index (χ3n) is 2.67. The Balaban J connectivity index is 2.34. The van der Waals surface area contributed by atoms with Gasteiger partial charge in [0.05, 0.1) is 0 Å². The standard InChI is InChI=1S/C11H13NO3/c1-8(15-7-13)12-6-2-3-10(11(12)14)9-4-5-9/h2-3,6-9H,4-5H2,1H3. The highest BCUT2D eigenvalue weighted by molar-refractivity contribution is 5.37. The third-order valence-corrected chi connectivity index (χ3v) is 2.67. The zero-order chi connectivity index (χ0) is 10.8. The van der Waals surface area contributed by atoms with Gasteiger partial charge in [0.15, 0.2) is 6.23 Å². The number of ether oxygens (including phenoxy) is 1. The zero-order valence-corrected chi connectivity index (χ0v) is 8.55. The molecule has 80 valence electrons. The van der Waals surface area contributed by atoms with Gasteiger partial charge in [0, 0.05) is 11.8 Å². The summed E-state index contributed by atoms with van der Waals surface area (Å²) in [7, 11) is 0. The molecule has 4 nitrogen and oxygen atoms in total. The smallest absolute Gasteiger partial charge is 0.295 e. The highest BCUT2D eigenvalue weighted by atomic mass is 16.5. The van der Waals surface area contributed by atoms with Crippen LogP contribution in [0.3, 0.4) is 0 Å². The van der Waals surface area contributed by atoms with Crippen LogP contribution in [0.2, 0.25) is 0 Å². The molecule has 1 aliphatic carbocycles. The van der Waals surface area contributed by atoms with Crippen LogP contribution in [-0.2, 0) is 9.53 Å². The fourth-order valence-electron chi connectivity index (χ4n) is 1.66. The SMILES string of the molecule is CC(OC=O)n1cccc(C2CC2)c1=O. The van der Waals surface area contributed by atoms with Crippen molar-refractivity contribution in [1.29, 1.82) is 0 Å². The van der Waals surface area contributed by atoms with Crippen LogP contribution in [0.25, 0.3) is 0 Å². The molecule has 1 fully saturated rings. The maximum Gasteiger partial charge on any atom is 0.295 e. The van der Waals surface area contributed by atoms with Crippen molar-refractivity contribution in [3.05, 3.63) is 34.2 Å². The van der Waals surface area contributed by atoms with E-state index in [2.05, 4.69) is 0 Å². The lowest BCUT2D eigenvalue weighted by atomic mass is 10.2. The molecule has 1 aliphatic rings. The molecular weight excluding hydrogens is 194 g/mol. The minimum Gasteiger partial charge on any atom is -0.444 e. The summed E-state index contributed by atoms with van der Waals surface area (Å²) in [4.78, 5) is 22.1. The molecule has 0 bridgehead atoms. The Morgan fingerprint density at radius 3 is 2.93 bits per heavy atom. The summed E-state index contributed by atoms with van der Waals surface area (Å²) in [5, 5.41) is 0. The summed E-state index contributed by atoms with van der Waals surface area (Å²) in [6.45, 7) is 2.04. The van der Waals surface area contributed by atoms with Crippen molar-refractivity contribution < 1.29 is 9.53 Å². The maximum absolute atomic E-state index is 11.9. The predicted octanol–water partition coefficient (Wildman–Crippen LogP) is 1.42. The molecule has 1 aromatic heterocycles. The number of hydrogen-bond acceptors (Lipinski definition) is 3. The van der Waals surface area contributed by atoms with E-state index in [1.54, 1.807) is 13.1 Å². The average molecular weight is 207 g/mol. The number of carbonyl (C=O) groups excluding carboxylic acids is 1. The molecular formula is C11H13NO3. The van der Waals surface area contributed by atoms with Crippen molar-refractivity contribution in [3.8, 4) is 0 Å². The van der Waals surface area contributed by atoms with Crippen LogP contribution >= 0.6 is 0 Å². The number of hydrogen-bond donors (Lipinski definition) is 0. The van der Waals surface area contributed by atoms with Crippen LogP contribution in [0.4, 0.5) is 0 Å². The first-order chi connectivity index (χ1) is 7.24. The number of nitrogens with zero attached hydrogens (tertiary/aromatic N) is 1. The van der Waals surface area contributed by atoms with Crippen LogP contribution in [-0.4, -0.2) is 11.0 Å². The monoisotopic (exact) mass is 207 g/mol. The summed E-state index contributed by atoms with van der Waals surface area (Å²) < 4.78 is 6.19. The van der Waals surface area contributed by atoms with Crippen LogP contribution in [0, 0.1) is 0 Å². The summed E-state index contributed by atoms with van der Waals surface area (Å²) in [6, 6.07) is 3.67. The van der Waals surface area contributed by atoms with E-state index >= 15 is 0 Å². The summed E-state index contributed by atoms with van der Waals surface area (Å²) >= 11 is 0. The minimum atomic E-state index is -0.534. The highest BCUT2D eigenvalue weighted by Crippen LogP contribution is 2.38. The van der Waals surface area contributed by atoms with Crippen molar-refractivity contribution in [2.24, 2.45) is 0 Å². The lowest BCUT2D eigenvalue weighted by molar-refractivity contribution is -0.136. The average Bonchev–Trinajstić information content (AvgIpc) is 3.02. The molecule has 4 heteroatoms. The molecule has 1 saturated carbocycles. The second kappa shape index (κ2) is 3.88. The van der Waals surface area contributed by atoms with Gasteiger partial charge in [0.25, 0.3) is 12.0 Å². The van der Waals surface area contributed by atoms with Crippen molar-refractivity contribution in [1.82, 2.24) is 4.57 Å². The number of carbonyl (C=O) groups is 1. The van der Waals surface area contributed by atoms with Crippen molar-refractivity contribution in [3.63, 3.8) is 0 Å². The molecule has 1 aromatic rings. The molecule has 0 aromatic carbocycles. The Kier molecular flexibility index (Phi) is 2.58. The van der Waals surface area contributed by atoms with Gasteiger partial charge in [-0.2, -0.15) is 0 Å². The van der Waals surface area contributed by atoms with Crippen LogP contribution in [0.1, 0.15) is 37.5 Å². The lowest BCUT2D eigenvalue weighted by Gasteiger charge is -2.13. The van der Waals surface area contributed by atoms with Gasteiger partial charge in [0.2, 0.25) is 0 Å². The first-order valence-corrected chi connectivity index (χ1v) is 5.04. The van der Waals surface area contributed by atoms with E-state index in [-0.39, 0.29) is 5.56 Å². The first kappa shape index (κ1) is 9.96. The fraction of sp³-hybridized carbons (Fsp3) is 0.455. The Morgan fingerprint density at radius 2 is 2.33 bits per heavy atom. The first-order valence-electron chi connectivity index (χ1n) is 5.04. The molecule has 0 radical (unpaired) electrons. The van der Waals surface area contributed by atoms with Gasteiger partial charge in [-0.3, -0.25) is 14.2 Å². The van der Waals surface area contributed by atoms with Crippen molar-refractivity contribution in [2.75, 3.05) is 0 Å². The zero-order valence-electron chi connectivity index (χ0n) is 8.55. The van der Waals surface area contributed by atoms with Gasteiger partial charge in [-0.15, -0.1) is 0 Å². The normalized spacial score (nSPS) is 17.1. The number of rotatable bonds is 4. The molecule has 2 rings (SSSR count). The van der Waals surface area contributed by atoms with Crippen LogP contribution in [0.5, 0.6) is 0 Å². The van der Waals surface area contributed by atoms with Crippen LogP contribution in [0.15, 0.2) is 23.1 Å². The van der Waals surface area contributed by atoms with E-state index in [0.29, 0.717) is 12.4 Å². The van der Waals surface area contributed by atoms with Gasteiger partial charge in [-0.25, -0.2) is 0 Å². The van der Waals surface area contributed by atoms with Gasteiger partial charge in [0.1, 0.15) is 0 Å². The topological polar surface area (TPSA) is 48.3 Å². The fourth-order valence-corrected chi connectivity index (χ4v) is 1.66. The second-order valence-electron chi connectivity index (χ2n) is 3.78. The van der Waals surface area contributed by atoms with E-state index < -0.39 is 6.23 Å². The van der Waals surface area contributed by atoms with Gasteiger partial charge < -0.3 is 4.74 Å². The number of aromatic nitrogens is 1. The van der Waals surface area contributed by atoms with E-state index in [1.807, 2.05) is 12.1 Å². The lowest BCUT2D eigenvalue weighted by Crippen LogP contribution is -2.26. The van der Waals surface area contributed by atoms with E-state index in [9.17, 15) is 9.59 Å². The number of pyridine rings is 1.